The van der Waals surface area contributed by atoms with E-state index >= 15 is 0 Å². The molecule has 0 N–H and O–H groups in total. The Balaban J connectivity index is 2.11. The minimum atomic E-state index is 0.592. The van der Waals surface area contributed by atoms with E-state index in [0.29, 0.717) is 5.41 Å². The van der Waals surface area contributed by atoms with Crippen molar-refractivity contribution in [2.24, 2.45) is 5.41 Å². The van der Waals surface area contributed by atoms with Crippen molar-refractivity contribution in [3.63, 3.8) is 0 Å². The summed E-state index contributed by atoms with van der Waals surface area (Å²) >= 11 is 0. The highest BCUT2D eigenvalue weighted by Crippen LogP contribution is 2.43. The maximum atomic E-state index is 5.58. The van der Waals surface area contributed by atoms with E-state index in [1.54, 1.807) is 0 Å². The highest BCUT2D eigenvalue weighted by atomic mass is 16.5. The normalized spacial score (nSPS) is 21.3. The minimum absolute atomic E-state index is 0.592. The average molecular weight is 156 g/mol. The largest absolute Gasteiger partial charge is 0.381 e. The number of ether oxygens (including phenoxy) is 1. The molecular formula is C10H20O. The van der Waals surface area contributed by atoms with Crippen LogP contribution in [0.15, 0.2) is 0 Å². The Labute approximate surface area is 70.1 Å². The van der Waals surface area contributed by atoms with Gasteiger partial charge in [-0.15, -0.1) is 0 Å². The van der Waals surface area contributed by atoms with Crippen LogP contribution in [0.5, 0.6) is 0 Å². The van der Waals surface area contributed by atoms with Crippen molar-refractivity contribution in [3.05, 3.63) is 0 Å². The first kappa shape index (κ1) is 9.05. The van der Waals surface area contributed by atoms with E-state index in [4.69, 9.17) is 4.74 Å². The lowest BCUT2D eigenvalue weighted by Gasteiger charge is -2.40. The molecule has 0 aromatic carbocycles. The van der Waals surface area contributed by atoms with Gasteiger partial charge in [-0.2, -0.15) is 0 Å². The zero-order chi connectivity index (χ0) is 8.16. The van der Waals surface area contributed by atoms with Crippen LogP contribution in [0, 0.1) is 5.41 Å². The van der Waals surface area contributed by atoms with Gasteiger partial charge in [0.25, 0.3) is 0 Å². The van der Waals surface area contributed by atoms with Crippen molar-refractivity contribution in [3.8, 4) is 0 Å². The van der Waals surface area contributed by atoms with Crippen molar-refractivity contribution >= 4 is 0 Å². The molecule has 0 bridgehead atoms. The quantitative estimate of drug-likeness (QED) is 0.556. The Morgan fingerprint density at radius 3 is 2.36 bits per heavy atom. The van der Waals surface area contributed by atoms with Crippen molar-refractivity contribution < 1.29 is 4.74 Å². The predicted octanol–water partition coefficient (Wildman–Crippen LogP) is 2.99. The van der Waals surface area contributed by atoms with Gasteiger partial charge < -0.3 is 4.74 Å². The molecule has 11 heavy (non-hydrogen) atoms. The molecule has 0 radical (unpaired) electrons. The smallest absolute Gasteiger partial charge is 0.0522 e. The summed E-state index contributed by atoms with van der Waals surface area (Å²) in [5.41, 5.74) is 0.592. The molecule has 1 aliphatic carbocycles. The van der Waals surface area contributed by atoms with E-state index in [0.717, 1.165) is 19.6 Å². The predicted molar refractivity (Wildman–Crippen MR) is 47.7 cm³/mol. The molecule has 0 spiro atoms. The molecule has 0 atom stereocenters. The van der Waals surface area contributed by atoms with Crippen LogP contribution in [0.2, 0.25) is 0 Å². The van der Waals surface area contributed by atoms with Crippen molar-refractivity contribution in [2.45, 2.75) is 46.0 Å². The first-order valence-corrected chi connectivity index (χ1v) is 4.91. The van der Waals surface area contributed by atoms with Gasteiger partial charge in [-0.05, 0) is 31.1 Å². The summed E-state index contributed by atoms with van der Waals surface area (Å²) in [5.74, 6) is 0. The van der Waals surface area contributed by atoms with E-state index in [9.17, 15) is 0 Å². The molecule has 0 saturated heterocycles. The monoisotopic (exact) mass is 156 g/mol. The molecule has 0 aromatic heterocycles. The second-order valence-electron chi connectivity index (χ2n) is 3.76. The fourth-order valence-corrected chi connectivity index (χ4v) is 1.71. The summed E-state index contributed by atoms with van der Waals surface area (Å²) in [5, 5.41) is 0. The van der Waals surface area contributed by atoms with Crippen LogP contribution in [0.25, 0.3) is 0 Å². The van der Waals surface area contributed by atoms with E-state index in [1.807, 2.05) is 0 Å². The fourth-order valence-electron chi connectivity index (χ4n) is 1.71. The van der Waals surface area contributed by atoms with Crippen LogP contribution in [0.4, 0.5) is 0 Å². The van der Waals surface area contributed by atoms with E-state index in [-0.39, 0.29) is 0 Å². The first-order chi connectivity index (χ1) is 5.33. The third-order valence-corrected chi connectivity index (χ3v) is 2.92. The summed E-state index contributed by atoms with van der Waals surface area (Å²) < 4.78 is 5.58. The Morgan fingerprint density at radius 2 is 2.00 bits per heavy atom. The Morgan fingerprint density at radius 1 is 1.27 bits per heavy atom. The van der Waals surface area contributed by atoms with Crippen LogP contribution in [0.3, 0.4) is 0 Å². The van der Waals surface area contributed by atoms with Crippen molar-refractivity contribution in [1.82, 2.24) is 0 Å². The Kier molecular flexibility index (Phi) is 3.38. The van der Waals surface area contributed by atoms with E-state index < -0.39 is 0 Å². The number of hydrogen-bond donors (Lipinski definition) is 0. The summed E-state index contributed by atoms with van der Waals surface area (Å²) in [6.45, 7) is 6.41. The summed E-state index contributed by atoms with van der Waals surface area (Å²) in [6, 6.07) is 0. The Hall–Kier alpha value is -0.0400. The van der Waals surface area contributed by atoms with Crippen LogP contribution in [0.1, 0.15) is 46.0 Å². The van der Waals surface area contributed by atoms with Gasteiger partial charge >= 0.3 is 0 Å². The van der Waals surface area contributed by atoms with E-state index in [2.05, 4.69) is 13.8 Å². The average Bonchev–Trinajstić information content (AvgIpc) is 1.95. The SMILES string of the molecule is CCCOCC1(CC)CCC1. The minimum Gasteiger partial charge on any atom is -0.381 e. The lowest BCUT2D eigenvalue weighted by molar-refractivity contribution is -0.00855. The molecule has 1 nitrogen and oxygen atoms in total. The summed E-state index contributed by atoms with van der Waals surface area (Å²) in [6.07, 6.45) is 6.67. The molecule has 1 aliphatic rings. The van der Waals surface area contributed by atoms with Gasteiger partial charge in [0.2, 0.25) is 0 Å². The topological polar surface area (TPSA) is 9.23 Å². The van der Waals surface area contributed by atoms with Crippen LogP contribution in [-0.2, 0) is 4.74 Å². The third kappa shape index (κ3) is 2.19. The molecule has 0 aliphatic heterocycles. The molecule has 66 valence electrons. The summed E-state index contributed by atoms with van der Waals surface area (Å²) in [7, 11) is 0. The number of rotatable bonds is 5. The van der Waals surface area contributed by atoms with Crippen LogP contribution < -0.4 is 0 Å². The first-order valence-electron chi connectivity index (χ1n) is 4.91. The second-order valence-corrected chi connectivity index (χ2v) is 3.76. The molecule has 0 unspecified atom stereocenters. The fraction of sp³-hybridized carbons (Fsp3) is 1.00. The zero-order valence-electron chi connectivity index (χ0n) is 7.86. The molecule has 0 aromatic rings. The molecule has 1 rings (SSSR count). The maximum absolute atomic E-state index is 5.58. The van der Waals surface area contributed by atoms with E-state index in [1.165, 1.54) is 25.7 Å². The molecule has 1 saturated carbocycles. The number of hydrogen-bond acceptors (Lipinski definition) is 1. The standard InChI is InChI=1S/C10H20O/c1-3-8-11-9-10(4-2)6-5-7-10/h3-9H2,1-2H3. The maximum Gasteiger partial charge on any atom is 0.0522 e. The van der Waals surface area contributed by atoms with Crippen molar-refractivity contribution in [1.29, 1.82) is 0 Å². The molecule has 1 fully saturated rings. The molecular weight excluding hydrogens is 136 g/mol. The Bertz CT molecular complexity index is 99.9. The summed E-state index contributed by atoms with van der Waals surface area (Å²) in [4.78, 5) is 0. The molecule has 1 heteroatoms. The van der Waals surface area contributed by atoms with Crippen LogP contribution >= 0.6 is 0 Å². The highest BCUT2D eigenvalue weighted by molar-refractivity contribution is 4.86. The van der Waals surface area contributed by atoms with Gasteiger partial charge in [-0.1, -0.05) is 20.3 Å². The highest BCUT2D eigenvalue weighted by Gasteiger charge is 2.34. The van der Waals surface area contributed by atoms with Gasteiger partial charge in [0.15, 0.2) is 0 Å². The van der Waals surface area contributed by atoms with Crippen LogP contribution in [-0.4, -0.2) is 13.2 Å². The zero-order valence-corrected chi connectivity index (χ0v) is 7.86. The van der Waals surface area contributed by atoms with Gasteiger partial charge in [-0.3, -0.25) is 0 Å². The molecule has 0 amide bonds. The second kappa shape index (κ2) is 4.10. The lowest BCUT2D eigenvalue weighted by atomic mass is 9.68. The van der Waals surface area contributed by atoms with Gasteiger partial charge in [0.05, 0.1) is 6.61 Å². The molecule has 0 heterocycles. The van der Waals surface area contributed by atoms with Gasteiger partial charge in [0.1, 0.15) is 0 Å². The van der Waals surface area contributed by atoms with Gasteiger partial charge in [-0.25, -0.2) is 0 Å². The third-order valence-electron chi connectivity index (χ3n) is 2.92. The lowest BCUT2D eigenvalue weighted by Crippen LogP contribution is -2.33. The van der Waals surface area contributed by atoms with Gasteiger partial charge in [0, 0.05) is 6.61 Å². The van der Waals surface area contributed by atoms with Crippen molar-refractivity contribution in [2.75, 3.05) is 13.2 Å².